The molecule has 0 saturated heterocycles. The van der Waals surface area contributed by atoms with Crippen LogP contribution < -0.4 is 15.8 Å². The summed E-state index contributed by atoms with van der Waals surface area (Å²) in [6.07, 6.45) is 0.773. The van der Waals surface area contributed by atoms with Crippen LogP contribution in [0.1, 0.15) is 6.42 Å². The molecule has 5 nitrogen and oxygen atoms in total. The van der Waals surface area contributed by atoms with Gasteiger partial charge < -0.3 is 20.5 Å². The first-order chi connectivity index (χ1) is 8.27. The van der Waals surface area contributed by atoms with E-state index in [1.807, 2.05) is 18.2 Å². The molecule has 1 aliphatic heterocycles. The zero-order chi connectivity index (χ0) is 12.1. The highest BCUT2D eigenvalue weighted by Crippen LogP contribution is 2.24. The van der Waals surface area contributed by atoms with Crippen LogP contribution in [0.25, 0.3) is 0 Å². The number of nitrogens with two attached hydrogens (primary N) is 1. The summed E-state index contributed by atoms with van der Waals surface area (Å²) in [6.45, 7) is 1.33. The topological polar surface area (TPSA) is 73.6 Å². The van der Waals surface area contributed by atoms with Crippen LogP contribution in [0.2, 0.25) is 0 Å². The molecule has 0 radical (unpaired) electrons. The lowest BCUT2D eigenvalue weighted by Gasteiger charge is -2.13. The third-order valence-corrected chi connectivity index (χ3v) is 2.47. The van der Waals surface area contributed by atoms with Gasteiger partial charge in [-0.25, -0.2) is 0 Å². The third-order valence-electron chi connectivity index (χ3n) is 2.47. The average Bonchev–Trinajstić information content (AvgIpc) is 2.36. The Morgan fingerprint density at radius 3 is 3.00 bits per heavy atom. The van der Waals surface area contributed by atoms with Crippen LogP contribution in [0.3, 0.4) is 0 Å². The lowest BCUT2D eigenvalue weighted by molar-refractivity contribution is -0.118. The fraction of sp³-hybridized carbons (Fsp3) is 0.417. The van der Waals surface area contributed by atoms with Crippen molar-refractivity contribution in [1.82, 2.24) is 0 Å². The number of amides is 1. The highest BCUT2D eigenvalue weighted by Gasteiger charge is 2.16. The Labute approximate surface area is 99.9 Å². The van der Waals surface area contributed by atoms with Crippen molar-refractivity contribution in [3.63, 3.8) is 0 Å². The molecule has 3 N–H and O–H groups in total. The molecule has 1 unspecified atom stereocenters. The van der Waals surface area contributed by atoms with E-state index in [1.165, 1.54) is 0 Å². The van der Waals surface area contributed by atoms with Crippen molar-refractivity contribution in [2.75, 3.05) is 25.1 Å². The molecule has 2 rings (SSSR count). The first kappa shape index (κ1) is 11.9. The van der Waals surface area contributed by atoms with E-state index in [0.29, 0.717) is 24.7 Å². The SMILES string of the molecule is NC1COCCCOc2ccccc2NC1=O. The Morgan fingerprint density at radius 1 is 1.29 bits per heavy atom. The highest BCUT2D eigenvalue weighted by molar-refractivity contribution is 5.96. The van der Waals surface area contributed by atoms with Crippen molar-refractivity contribution in [2.45, 2.75) is 12.5 Å². The molecule has 1 heterocycles. The predicted molar refractivity (Wildman–Crippen MR) is 64.0 cm³/mol. The molecule has 1 aliphatic rings. The number of ether oxygens (including phenoxy) is 2. The van der Waals surface area contributed by atoms with Crippen LogP contribution in [-0.4, -0.2) is 31.8 Å². The van der Waals surface area contributed by atoms with E-state index in [9.17, 15) is 4.79 Å². The summed E-state index contributed by atoms with van der Waals surface area (Å²) in [4.78, 5) is 11.7. The van der Waals surface area contributed by atoms with Gasteiger partial charge in [-0.2, -0.15) is 0 Å². The molecule has 5 heteroatoms. The Hall–Kier alpha value is -1.59. The summed E-state index contributed by atoms with van der Waals surface area (Å²) in [7, 11) is 0. The zero-order valence-corrected chi connectivity index (χ0v) is 9.52. The smallest absolute Gasteiger partial charge is 0.243 e. The van der Waals surface area contributed by atoms with Gasteiger partial charge in [0.25, 0.3) is 0 Å². The van der Waals surface area contributed by atoms with E-state index in [0.717, 1.165) is 6.42 Å². The van der Waals surface area contributed by atoms with Crippen molar-refractivity contribution >= 4 is 11.6 Å². The molecule has 92 valence electrons. The Balaban J connectivity index is 2.18. The van der Waals surface area contributed by atoms with Crippen molar-refractivity contribution in [3.8, 4) is 5.75 Å². The first-order valence-electron chi connectivity index (χ1n) is 5.63. The molecule has 17 heavy (non-hydrogen) atoms. The molecule has 0 aromatic heterocycles. The fourth-order valence-electron chi connectivity index (χ4n) is 1.55. The number of carbonyl (C=O) groups is 1. The average molecular weight is 236 g/mol. The summed E-state index contributed by atoms with van der Waals surface area (Å²) in [5.41, 5.74) is 6.35. The number of hydrogen-bond donors (Lipinski definition) is 2. The van der Waals surface area contributed by atoms with Crippen LogP contribution in [-0.2, 0) is 9.53 Å². The van der Waals surface area contributed by atoms with Gasteiger partial charge in [-0.3, -0.25) is 4.79 Å². The summed E-state index contributed by atoms with van der Waals surface area (Å²) in [6, 6.07) is 6.66. The second kappa shape index (κ2) is 5.65. The van der Waals surface area contributed by atoms with Gasteiger partial charge in [0.1, 0.15) is 11.8 Å². The molecular formula is C12H16N2O3. The third kappa shape index (κ3) is 3.18. The Morgan fingerprint density at radius 2 is 2.12 bits per heavy atom. The zero-order valence-electron chi connectivity index (χ0n) is 9.52. The number of nitrogens with one attached hydrogen (secondary N) is 1. The molecule has 1 atom stereocenters. The second-order valence-electron chi connectivity index (χ2n) is 3.87. The molecule has 0 bridgehead atoms. The Bertz CT molecular complexity index is 395. The quantitative estimate of drug-likeness (QED) is 0.697. The minimum Gasteiger partial charge on any atom is -0.491 e. The highest BCUT2D eigenvalue weighted by atomic mass is 16.5. The second-order valence-corrected chi connectivity index (χ2v) is 3.87. The van der Waals surface area contributed by atoms with Gasteiger partial charge in [0.05, 0.1) is 18.9 Å². The number of rotatable bonds is 0. The molecule has 0 spiro atoms. The maximum Gasteiger partial charge on any atom is 0.243 e. The standard InChI is InChI=1S/C12H16N2O3/c13-9-8-16-6-3-7-17-11-5-2-1-4-10(11)14-12(9)15/h1-2,4-5,9H,3,6-8,13H2,(H,14,15). The fourth-order valence-corrected chi connectivity index (χ4v) is 1.55. The lowest BCUT2D eigenvalue weighted by Crippen LogP contribution is -2.39. The molecular weight excluding hydrogens is 220 g/mol. The van der Waals surface area contributed by atoms with Crippen molar-refractivity contribution < 1.29 is 14.3 Å². The van der Waals surface area contributed by atoms with Crippen LogP contribution in [0.15, 0.2) is 24.3 Å². The van der Waals surface area contributed by atoms with Crippen molar-refractivity contribution in [2.24, 2.45) is 5.73 Å². The van der Waals surface area contributed by atoms with Crippen LogP contribution in [0, 0.1) is 0 Å². The maximum atomic E-state index is 11.7. The van der Waals surface area contributed by atoms with E-state index in [2.05, 4.69) is 5.32 Å². The van der Waals surface area contributed by atoms with E-state index in [1.54, 1.807) is 6.07 Å². The summed E-state index contributed by atoms with van der Waals surface area (Å²) in [5.74, 6) is 0.401. The minimum atomic E-state index is -0.652. The molecule has 0 fully saturated rings. The van der Waals surface area contributed by atoms with E-state index in [-0.39, 0.29) is 12.5 Å². The number of para-hydroxylation sites is 2. The first-order valence-corrected chi connectivity index (χ1v) is 5.63. The molecule has 1 amide bonds. The number of benzene rings is 1. The predicted octanol–water partition coefficient (Wildman–Crippen LogP) is 0.751. The van der Waals surface area contributed by atoms with E-state index >= 15 is 0 Å². The van der Waals surface area contributed by atoms with E-state index < -0.39 is 6.04 Å². The van der Waals surface area contributed by atoms with Crippen LogP contribution >= 0.6 is 0 Å². The normalized spacial score (nSPS) is 21.7. The number of carbonyl (C=O) groups excluding carboxylic acids is 1. The van der Waals surface area contributed by atoms with Gasteiger partial charge in [-0.15, -0.1) is 0 Å². The van der Waals surface area contributed by atoms with Gasteiger partial charge in [0.15, 0.2) is 0 Å². The number of fused-ring (bicyclic) bond motifs is 1. The summed E-state index contributed by atoms with van der Waals surface area (Å²) < 4.78 is 10.8. The van der Waals surface area contributed by atoms with Crippen LogP contribution in [0.4, 0.5) is 5.69 Å². The van der Waals surface area contributed by atoms with Crippen molar-refractivity contribution in [1.29, 1.82) is 0 Å². The Kier molecular flexibility index (Phi) is 3.95. The number of anilines is 1. The van der Waals surface area contributed by atoms with Gasteiger partial charge >= 0.3 is 0 Å². The molecule has 1 aromatic rings. The summed E-state index contributed by atoms with van der Waals surface area (Å²) in [5, 5.41) is 2.74. The van der Waals surface area contributed by atoms with Gasteiger partial charge in [0.2, 0.25) is 5.91 Å². The number of hydrogen-bond acceptors (Lipinski definition) is 4. The van der Waals surface area contributed by atoms with Crippen LogP contribution in [0.5, 0.6) is 5.75 Å². The summed E-state index contributed by atoms with van der Waals surface area (Å²) >= 11 is 0. The lowest BCUT2D eigenvalue weighted by atomic mass is 10.2. The largest absolute Gasteiger partial charge is 0.491 e. The monoisotopic (exact) mass is 236 g/mol. The molecule has 0 saturated carbocycles. The molecule has 0 aliphatic carbocycles. The van der Waals surface area contributed by atoms with Gasteiger partial charge in [-0.1, -0.05) is 12.1 Å². The minimum absolute atomic E-state index is 0.230. The maximum absolute atomic E-state index is 11.7. The van der Waals surface area contributed by atoms with Gasteiger partial charge in [0, 0.05) is 13.0 Å². The van der Waals surface area contributed by atoms with Gasteiger partial charge in [-0.05, 0) is 12.1 Å². The van der Waals surface area contributed by atoms with Crippen molar-refractivity contribution in [3.05, 3.63) is 24.3 Å². The molecule has 1 aromatic carbocycles. The van der Waals surface area contributed by atoms with E-state index in [4.69, 9.17) is 15.2 Å².